The predicted molar refractivity (Wildman–Crippen MR) is 113 cm³/mol. The van der Waals surface area contributed by atoms with Crippen LogP contribution in [0.2, 0.25) is 0 Å². The van der Waals surface area contributed by atoms with Crippen LogP contribution in [0.1, 0.15) is 18.2 Å². The minimum atomic E-state index is -0.527. The van der Waals surface area contributed by atoms with Gasteiger partial charge in [-0.1, -0.05) is 19.1 Å². The van der Waals surface area contributed by atoms with Gasteiger partial charge in [0.1, 0.15) is 5.75 Å². The lowest BCUT2D eigenvalue weighted by Crippen LogP contribution is -2.15. The normalized spacial score (nSPS) is 10.4. The molecule has 3 rings (SSSR count). The molecule has 0 radical (unpaired) electrons. The van der Waals surface area contributed by atoms with Crippen LogP contribution in [0.4, 0.5) is 22.2 Å². The van der Waals surface area contributed by atoms with E-state index in [0.29, 0.717) is 16.6 Å². The average Bonchev–Trinajstić information content (AvgIpc) is 3.14. The number of amides is 1. The Morgan fingerprint density at radius 1 is 1.24 bits per heavy atom. The number of rotatable bonds is 8. The van der Waals surface area contributed by atoms with Gasteiger partial charge in [0.15, 0.2) is 5.13 Å². The van der Waals surface area contributed by atoms with E-state index in [9.17, 15) is 14.9 Å². The molecule has 2 aromatic carbocycles. The van der Waals surface area contributed by atoms with E-state index in [0.717, 1.165) is 12.1 Å². The van der Waals surface area contributed by atoms with Crippen LogP contribution in [0.15, 0.2) is 47.8 Å². The number of nitrogens with zero attached hydrogens (tertiary/aromatic N) is 2. The number of nitro groups is 1. The topological polar surface area (TPSA) is 106 Å². The lowest BCUT2D eigenvalue weighted by atomic mass is 10.1. The third-order valence-electron chi connectivity index (χ3n) is 4.17. The summed E-state index contributed by atoms with van der Waals surface area (Å²) in [6.45, 7) is 2.10. The van der Waals surface area contributed by atoms with Crippen molar-refractivity contribution < 1.29 is 14.5 Å². The number of carbonyl (C=O) groups is 1. The number of hydrogen-bond donors (Lipinski definition) is 2. The van der Waals surface area contributed by atoms with E-state index in [1.165, 1.54) is 42.2 Å². The summed E-state index contributed by atoms with van der Waals surface area (Å²) in [7, 11) is 1.43. The molecule has 29 heavy (non-hydrogen) atoms. The van der Waals surface area contributed by atoms with Gasteiger partial charge in [-0.2, -0.15) is 0 Å². The van der Waals surface area contributed by atoms with Crippen molar-refractivity contribution in [3.05, 3.63) is 69.2 Å². The van der Waals surface area contributed by atoms with Crippen molar-refractivity contribution in [1.82, 2.24) is 4.98 Å². The second-order valence-electron chi connectivity index (χ2n) is 6.19. The van der Waals surface area contributed by atoms with Gasteiger partial charge >= 0.3 is 0 Å². The maximum atomic E-state index is 12.4. The number of benzene rings is 2. The lowest BCUT2D eigenvalue weighted by Gasteiger charge is -2.09. The third kappa shape index (κ3) is 5.29. The first kappa shape index (κ1) is 20.3. The summed E-state index contributed by atoms with van der Waals surface area (Å²) in [5.41, 5.74) is 2.90. The fourth-order valence-corrected chi connectivity index (χ4v) is 3.39. The molecule has 0 bridgehead atoms. The van der Waals surface area contributed by atoms with Gasteiger partial charge in [0.2, 0.25) is 5.91 Å². The molecule has 0 aliphatic heterocycles. The SMILES string of the molecule is CCc1ccc(Nc2nc(CC(=O)Nc3cc([N+](=O)[O-])ccc3OC)cs2)cc1. The fraction of sp³-hybridized carbons (Fsp3) is 0.200. The largest absolute Gasteiger partial charge is 0.495 e. The zero-order chi connectivity index (χ0) is 20.8. The molecule has 0 aliphatic rings. The van der Waals surface area contributed by atoms with E-state index in [-0.39, 0.29) is 23.7 Å². The highest BCUT2D eigenvalue weighted by Gasteiger charge is 2.15. The summed E-state index contributed by atoms with van der Waals surface area (Å²) in [6, 6.07) is 12.1. The Kier molecular flexibility index (Phi) is 6.40. The van der Waals surface area contributed by atoms with Gasteiger partial charge in [0.05, 0.1) is 29.8 Å². The monoisotopic (exact) mass is 412 g/mol. The van der Waals surface area contributed by atoms with Crippen LogP contribution in [-0.4, -0.2) is 22.9 Å². The minimum Gasteiger partial charge on any atom is -0.495 e. The van der Waals surface area contributed by atoms with Gasteiger partial charge in [0, 0.05) is 23.2 Å². The van der Waals surface area contributed by atoms with Crippen LogP contribution in [-0.2, 0) is 17.6 Å². The quantitative estimate of drug-likeness (QED) is 0.415. The van der Waals surface area contributed by atoms with Crippen LogP contribution in [0.3, 0.4) is 0 Å². The van der Waals surface area contributed by atoms with E-state index >= 15 is 0 Å². The van der Waals surface area contributed by atoms with Crippen molar-refractivity contribution in [2.45, 2.75) is 19.8 Å². The van der Waals surface area contributed by atoms with Crippen LogP contribution < -0.4 is 15.4 Å². The zero-order valence-electron chi connectivity index (χ0n) is 16.0. The Hall–Kier alpha value is -3.46. The molecule has 3 aromatic rings. The first-order valence-corrected chi connectivity index (χ1v) is 9.79. The number of hydrogen-bond acceptors (Lipinski definition) is 7. The number of nitro benzene ring substituents is 1. The summed E-state index contributed by atoms with van der Waals surface area (Å²) in [5.74, 6) is 0.00746. The molecule has 1 amide bonds. The summed E-state index contributed by atoms with van der Waals surface area (Å²) in [4.78, 5) is 27.2. The number of aromatic nitrogens is 1. The average molecular weight is 412 g/mol. The molecule has 150 valence electrons. The summed E-state index contributed by atoms with van der Waals surface area (Å²) < 4.78 is 5.16. The highest BCUT2D eigenvalue weighted by Crippen LogP contribution is 2.29. The molecule has 1 aromatic heterocycles. The second-order valence-corrected chi connectivity index (χ2v) is 7.04. The van der Waals surface area contributed by atoms with Gasteiger partial charge in [-0.05, 0) is 30.2 Å². The fourth-order valence-electron chi connectivity index (χ4n) is 2.66. The van der Waals surface area contributed by atoms with Gasteiger partial charge in [-0.25, -0.2) is 4.98 Å². The number of ether oxygens (including phenoxy) is 1. The van der Waals surface area contributed by atoms with Crippen molar-refractivity contribution >= 4 is 39.4 Å². The Bertz CT molecular complexity index is 1020. The molecule has 2 N–H and O–H groups in total. The molecule has 9 heteroatoms. The molecule has 0 saturated carbocycles. The predicted octanol–water partition coefficient (Wildman–Crippen LogP) is 4.55. The zero-order valence-corrected chi connectivity index (χ0v) is 16.8. The number of nitrogens with one attached hydrogen (secondary N) is 2. The minimum absolute atomic E-state index is 0.0405. The van der Waals surface area contributed by atoms with Crippen LogP contribution in [0.5, 0.6) is 5.75 Å². The maximum Gasteiger partial charge on any atom is 0.271 e. The molecule has 0 atom stereocenters. The molecule has 1 heterocycles. The number of carbonyl (C=O) groups excluding carboxylic acids is 1. The van der Waals surface area contributed by atoms with Crippen LogP contribution in [0, 0.1) is 10.1 Å². The summed E-state index contributed by atoms with van der Waals surface area (Å²) >= 11 is 1.40. The molecule has 0 unspecified atom stereocenters. The lowest BCUT2D eigenvalue weighted by molar-refractivity contribution is -0.384. The first-order valence-electron chi connectivity index (χ1n) is 8.91. The number of non-ortho nitro benzene ring substituents is 1. The van der Waals surface area contributed by atoms with Crippen molar-refractivity contribution in [1.29, 1.82) is 0 Å². The summed E-state index contributed by atoms with van der Waals surface area (Å²) in [5, 5.41) is 19.3. The highest BCUT2D eigenvalue weighted by atomic mass is 32.1. The van der Waals surface area contributed by atoms with E-state index < -0.39 is 4.92 Å². The van der Waals surface area contributed by atoms with Gasteiger partial charge in [-0.15, -0.1) is 11.3 Å². The van der Waals surface area contributed by atoms with Gasteiger partial charge in [0.25, 0.3) is 5.69 Å². The number of aryl methyl sites for hydroxylation is 1. The molecule has 0 aliphatic carbocycles. The molecule has 0 spiro atoms. The van der Waals surface area contributed by atoms with Gasteiger partial charge in [-0.3, -0.25) is 14.9 Å². The van der Waals surface area contributed by atoms with E-state index in [2.05, 4.69) is 34.7 Å². The Morgan fingerprint density at radius 3 is 2.66 bits per heavy atom. The standard InChI is InChI=1S/C20H20N4O4S/c1-3-13-4-6-14(7-5-13)21-20-22-15(12-29-20)10-19(25)23-17-11-16(24(26)27)8-9-18(17)28-2/h4-9,11-12H,3,10H2,1-2H3,(H,21,22)(H,23,25). The number of anilines is 3. The molecule has 8 nitrogen and oxygen atoms in total. The second kappa shape index (κ2) is 9.16. The van der Waals surface area contributed by atoms with Crippen LogP contribution in [0.25, 0.3) is 0 Å². The van der Waals surface area contributed by atoms with Crippen molar-refractivity contribution in [2.75, 3.05) is 17.7 Å². The van der Waals surface area contributed by atoms with Gasteiger partial charge < -0.3 is 15.4 Å². The van der Waals surface area contributed by atoms with Crippen molar-refractivity contribution in [2.24, 2.45) is 0 Å². The third-order valence-corrected chi connectivity index (χ3v) is 4.98. The smallest absolute Gasteiger partial charge is 0.271 e. The van der Waals surface area contributed by atoms with Crippen molar-refractivity contribution in [3.8, 4) is 5.75 Å². The van der Waals surface area contributed by atoms with E-state index in [4.69, 9.17) is 4.74 Å². The van der Waals surface area contributed by atoms with E-state index in [1.807, 2.05) is 12.1 Å². The number of thiazole rings is 1. The Balaban J connectivity index is 1.64. The highest BCUT2D eigenvalue weighted by molar-refractivity contribution is 7.13. The Morgan fingerprint density at radius 2 is 2.00 bits per heavy atom. The molecular weight excluding hydrogens is 392 g/mol. The molecular formula is C20H20N4O4S. The van der Waals surface area contributed by atoms with Crippen LogP contribution >= 0.6 is 11.3 Å². The molecule has 0 fully saturated rings. The number of methoxy groups -OCH3 is 1. The Labute approximate surface area is 171 Å². The summed E-state index contributed by atoms with van der Waals surface area (Å²) in [6.07, 6.45) is 1.02. The van der Waals surface area contributed by atoms with Crippen molar-refractivity contribution in [3.63, 3.8) is 0 Å². The molecule has 0 saturated heterocycles. The maximum absolute atomic E-state index is 12.4. The van der Waals surface area contributed by atoms with E-state index in [1.54, 1.807) is 5.38 Å². The first-order chi connectivity index (χ1) is 14.0.